The van der Waals surface area contributed by atoms with Crippen LogP contribution in [-0.2, 0) is 4.79 Å². The molecule has 8 nitrogen and oxygen atoms in total. The lowest BCUT2D eigenvalue weighted by atomic mass is 10.0. The molecule has 0 unspecified atom stereocenters. The molecule has 0 saturated carbocycles. The number of carboxylic acids is 1. The van der Waals surface area contributed by atoms with Crippen molar-refractivity contribution in [2.45, 2.75) is 31.3 Å². The highest BCUT2D eigenvalue weighted by molar-refractivity contribution is 5.90. The lowest BCUT2D eigenvalue weighted by Gasteiger charge is -2.10. The molecule has 1 aromatic carbocycles. The van der Waals surface area contributed by atoms with Crippen molar-refractivity contribution in [3.8, 4) is 23.8 Å². The molecule has 1 aliphatic heterocycles. The number of hydrogen-bond acceptors (Lipinski definition) is 6. The molecule has 0 saturated heterocycles. The zero-order chi connectivity index (χ0) is 20.0. The van der Waals surface area contributed by atoms with Crippen LogP contribution >= 0.6 is 0 Å². The summed E-state index contributed by atoms with van der Waals surface area (Å²) in [6.07, 6.45) is 8.70. The zero-order valence-corrected chi connectivity index (χ0v) is 15.0. The topological polar surface area (TPSA) is 113 Å². The number of ether oxygens (including phenoxy) is 1. The molecule has 0 bridgehead atoms. The van der Waals surface area contributed by atoms with Gasteiger partial charge in [-0.1, -0.05) is 0 Å². The van der Waals surface area contributed by atoms with Crippen molar-refractivity contribution < 1.29 is 19.4 Å². The van der Waals surface area contributed by atoms with Crippen LogP contribution in [0.1, 0.15) is 36.2 Å². The number of aromatic carboxylic acids is 1. The molecule has 142 valence electrons. The van der Waals surface area contributed by atoms with Crippen LogP contribution in [0.3, 0.4) is 0 Å². The maximum absolute atomic E-state index is 12.1. The fraction of sp³-hybridized carbons (Fsp3) is 0.250. The van der Waals surface area contributed by atoms with Crippen molar-refractivity contribution >= 4 is 17.6 Å². The van der Waals surface area contributed by atoms with Crippen molar-refractivity contribution in [1.82, 2.24) is 4.98 Å². The third kappa shape index (κ3) is 5.14. The Morgan fingerprint density at radius 3 is 2.54 bits per heavy atom. The molecular formula is C20H18N4O4. The lowest BCUT2D eigenvalue weighted by Crippen LogP contribution is -2.17. The summed E-state index contributed by atoms with van der Waals surface area (Å²) >= 11 is 0. The highest BCUT2D eigenvalue weighted by Gasteiger charge is 2.39. The molecule has 0 atom stereocenters. The highest BCUT2D eigenvalue weighted by atomic mass is 16.5. The number of terminal acetylenes is 1. The van der Waals surface area contributed by atoms with E-state index in [0.29, 0.717) is 42.9 Å². The quantitative estimate of drug-likeness (QED) is 0.643. The zero-order valence-electron chi connectivity index (χ0n) is 15.0. The Balaban J connectivity index is 1.50. The molecule has 2 N–H and O–H groups in total. The molecule has 28 heavy (non-hydrogen) atoms. The number of nitrogens with zero attached hydrogens (tertiary/aromatic N) is 3. The van der Waals surface area contributed by atoms with E-state index in [9.17, 15) is 9.59 Å². The first kappa shape index (κ1) is 19.0. The monoisotopic (exact) mass is 378 g/mol. The number of carbonyl (C=O) groups excluding carboxylic acids is 1. The van der Waals surface area contributed by atoms with E-state index in [1.54, 1.807) is 30.3 Å². The number of hydrogen-bond donors (Lipinski definition) is 2. The van der Waals surface area contributed by atoms with Gasteiger partial charge >= 0.3 is 5.97 Å². The Hall–Kier alpha value is -3.73. The second-order valence-corrected chi connectivity index (χ2v) is 6.24. The predicted molar refractivity (Wildman–Crippen MR) is 101 cm³/mol. The molecule has 3 rings (SSSR count). The van der Waals surface area contributed by atoms with Gasteiger partial charge in [0.15, 0.2) is 11.4 Å². The summed E-state index contributed by atoms with van der Waals surface area (Å²) in [7, 11) is 0. The smallest absolute Gasteiger partial charge is 0.354 e. The molecule has 0 spiro atoms. The molecule has 8 heteroatoms. The van der Waals surface area contributed by atoms with E-state index in [-0.39, 0.29) is 11.6 Å². The minimum Gasteiger partial charge on any atom is -0.477 e. The van der Waals surface area contributed by atoms with Crippen LogP contribution in [0, 0.1) is 12.3 Å². The Bertz CT molecular complexity index is 941. The maximum Gasteiger partial charge on any atom is 0.354 e. The molecule has 2 aromatic rings. The normalized spacial score (nSPS) is 13.4. The molecule has 0 radical (unpaired) electrons. The summed E-state index contributed by atoms with van der Waals surface area (Å²) in [6.45, 7) is 0. The van der Waals surface area contributed by atoms with Crippen molar-refractivity contribution in [3.05, 3.63) is 48.3 Å². The Labute approximate surface area is 161 Å². The third-order valence-corrected chi connectivity index (χ3v) is 4.13. The molecule has 1 aliphatic rings. The van der Waals surface area contributed by atoms with Crippen LogP contribution < -0.4 is 10.1 Å². The highest BCUT2D eigenvalue weighted by Crippen LogP contribution is 2.37. The summed E-state index contributed by atoms with van der Waals surface area (Å²) in [4.78, 5) is 26.8. The lowest BCUT2D eigenvalue weighted by molar-refractivity contribution is -0.116. The van der Waals surface area contributed by atoms with E-state index in [1.807, 2.05) is 0 Å². The molecule has 1 aromatic heterocycles. The van der Waals surface area contributed by atoms with Gasteiger partial charge in [0.1, 0.15) is 11.5 Å². The van der Waals surface area contributed by atoms with Gasteiger partial charge in [-0.3, -0.25) is 4.79 Å². The minimum absolute atomic E-state index is 0.101. The van der Waals surface area contributed by atoms with Gasteiger partial charge in [0.05, 0.1) is 0 Å². The molecule has 0 aliphatic carbocycles. The number of anilines is 1. The number of pyridine rings is 1. The first-order valence-electron chi connectivity index (χ1n) is 8.64. The molecule has 1 amide bonds. The summed E-state index contributed by atoms with van der Waals surface area (Å²) in [5, 5.41) is 19.8. The van der Waals surface area contributed by atoms with Gasteiger partial charge in [0.2, 0.25) is 5.91 Å². The van der Waals surface area contributed by atoms with Crippen LogP contribution in [0.2, 0.25) is 0 Å². The van der Waals surface area contributed by atoms with Gasteiger partial charge in [-0.15, -0.1) is 12.3 Å². The van der Waals surface area contributed by atoms with Gasteiger partial charge in [-0.25, -0.2) is 9.78 Å². The Morgan fingerprint density at radius 2 is 1.89 bits per heavy atom. The van der Waals surface area contributed by atoms with E-state index < -0.39 is 11.6 Å². The van der Waals surface area contributed by atoms with Crippen LogP contribution in [-0.4, -0.2) is 27.6 Å². The second-order valence-electron chi connectivity index (χ2n) is 6.24. The number of carbonyl (C=O) groups is 2. The fourth-order valence-corrected chi connectivity index (χ4v) is 2.54. The summed E-state index contributed by atoms with van der Waals surface area (Å²) in [5.74, 6) is 2.16. The SMILES string of the molecule is C#CCCC1(CCC(=O)Nc2ccc(Oc3ccnc(C(=O)O)c3)cc2)N=N1. The van der Waals surface area contributed by atoms with Crippen molar-refractivity contribution in [2.75, 3.05) is 5.32 Å². The molecule has 0 fully saturated rings. The first-order valence-corrected chi connectivity index (χ1v) is 8.64. The number of amides is 1. The molecular weight excluding hydrogens is 360 g/mol. The van der Waals surface area contributed by atoms with Gasteiger partial charge < -0.3 is 15.2 Å². The Kier molecular flexibility index (Phi) is 5.65. The summed E-state index contributed by atoms with van der Waals surface area (Å²) < 4.78 is 5.61. The van der Waals surface area contributed by atoms with Crippen molar-refractivity contribution in [2.24, 2.45) is 10.2 Å². The maximum atomic E-state index is 12.1. The third-order valence-electron chi connectivity index (χ3n) is 4.13. The van der Waals surface area contributed by atoms with E-state index in [1.165, 1.54) is 12.3 Å². The number of aromatic nitrogens is 1. The van der Waals surface area contributed by atoms with E-state index in [0.717, 1.165) is 0 Å². The summed E-state index contributed by atoms with van der Waals surface area (Å²) in [5.41, 5.74) is 0.0528. The second kappa shape index (κ2) is 8.31. The van der Waals surface area contributed by atoms with E-state index in [4.69, 9.17) is 16.3 Å². The summed E-state index contributed by atoms with van der Waals surface area (Å²) in [6, 6.07) is 9.65. The van der Waals surface area contributed by atoms with Crippen LogP contribution in [0.15, 0.2) is 52.8 Å². The van der Waals surface area contributed by atoms with E-state index >= 15 is 0 Å². The first-order chi connectivity index (χ1) is 13.5. The number of benzene rings is 1. The standard InChI is InChI=1S/C20H18N4O4/c1-2-3-10-20(23-24-20)11-8-18(25)22-14-4-6-15(7-5-14)28-16-9-12-21-17(13-16)19(26)27/h1,4-7,9,12-13H,3,8,10-11H2,(H,22,25)(H,26,27). The van der Waals surface area contributed by atoms with Crippen molar-refractivity contribution in [1.29, 1.82) is 0 Å². The van der Waals surface area contributed by atoms with Gasteiger partial charge in [0, 0.05) is 43.6 Å². The van der Waals surface area contributed by atoms with Crippen LogP contribution in [0.5, 0.6) is 11.5 Å². The Morgan fingerprint density at radius 1 is 1.14 bits per heavy atom. The minimum atomic E-state index is -1.13. The predicted octanol–water partition coefficient (Wildman–Crippen LogP) is 3.87. The molecule has 2 heterocycles. The van der Waals surface area contributed by atoms with Gasteiger partial charge in [-0.2, -0.15) is 10.2 Å². The fourth-order valence-electron chi connectivity index (χ4n) is 2.54. The van der Waals surface area contributed by atoms with Crippen LogP contribution in [0.4, 0.5) is 5.69 Å². The number of rotatable bonds is 9. The van der Waals surface area contributed by atoms with Crippen molar-refractivity contribution in [3.63, 3.8) is 0 Å². The number of nitrogens with one attached hydrogen (secondary N) is 1. The largest absolute Gasteiger partial charge is 0.477 e. The van der Waals surface area contributed by atoms with Gasteiger partial charge in [0.25, 0.3) is 0 Å². The number of carboxylic acid groups (broad SMARTS) is 1. The van der Waals surface area contributed by atoms with Gasteiger partial charge in [-0.05, 0) is 30.3 Å². The van der Waals surface area contributed by atoms with E-state index in [2.05, 4.69) is 26.4 Å². The average molecular weight is 378 g/mol. The average Bonchev–Trinajstić information content (AvgIpc) is 3.47. The van der Waals surface area contributed by atoms with Crippen LogP contribution in [0.25, 0.3) is 0 Å².